The van der Waals surface area contributed by atoms with Crippen LogP contribution in [0.25, 0.3) is 0 Å². The summed E-state index contributed by atoms with van der Waals surface area (Å²) in [4.78, 5) is 32.3. The molecule has 19 heavy (non-hydrogen) atoms. The van der Waals surface area contributed by atoms with E-state index in [0.29, 0.717) is 19.5 Å². The van der Waals surface area contributed by atoms with E-state index in [1.54, 1.807) is 0 Å². The minimum absolute atomic E-state index is 0.120. The maximum atomic E-state index is 11.7. The highest BCUT2D eigenvalue weighted by atomic mass is 16.6. The molecule has 0 unspecified atom stereocenters. The number of non-ortho nitro benzene ring substituents is 1. The van der Waals surface area contributed by atoms with Crippen molar-refractivity contribution in [1.29, 1.82) is 0 Å². The van der Waals surface area contributed by atoms with E-state index in [0.717, 1.165) is 0 Å². The molecule has 7 nitrogen and oxygen atoms in total. The van der Waals surface area contributed by atoms with Gasteiger partial charge in [-0.2, -0.15) is 0 Å². The first-order valence-corrected chi connectivity index (χ1v) is 5.78. The predicted molar refractivity (Wildman–Crippen MR) is 68.7 cm³/mol. The summed E-state index contributed by atoms with van der Waals surface area (Å²) in [6.07, 6.45) is 0.597. The van der Waals surface area contributed by atoms with E-state index in [1.807, 2.05) is 0 Å². The number of nitrogens with one attached hydrogen (secondary N) is 2. The lowest BCUT2D eigenvalue weighted by Crippen LogP contribution is -2.28. The predicted octanol–water partition coefficient (Wildman–Crippen LogP) is 0.851. The quantitative estimate of drug-likeness (QED) is 0.452. The average Bonchev–Trinajstić information content (AvgIpc) is 2.37. The van der Waals surface area contributed by atoms with Crippen LogP contribution in [0.4, 0.5) is 5.69 Å². The Labute approximate surface area is 110 Å². The van der Waals surface area contributed by atoms with Gasteiger partial charge in [0.1, 0.15) is 0 Å². The number of benzene rings is 1. The zero-order valence-corrected chi connectivity index (χ0v) is 10.5. The van der Waals surface area contributed by atoms with Gasteiger partial charge in [-0.15, -0.1) is 0 Å². The smallest absolute Gasteiger partial charge is 0.270 e. The zero-order chi connectivity index (χ0) is 14.3. The van der Waals surface area contributed by atoms with E-state index >= 15 is 0 Å². The maximum absolute atomic E-state index is 11.7. The Morgan fingerprint density at radius 1 is 1.26 bits per heavy atom. The first-order valence-electron chi connectivity index (χ1n) is 5.78. The number of hydrogen-bond acceptors (Lipinski definition) is 4. The standard InChI is InChI=1S/C12H15N3O4/c1-9(16)13-6-3-7-14-12(17)10-4-2-5-11(8-10)15(18)19/h2,4-5,8H,3,6-7H2,1H3,(H,13,16)(H,14,17). The largest absolute Gasteiger partial charge is 0.356 e. The van der Waals surface area contributed by atoms with E-state index in [-0.39, 0.29) is 23.1 Å². The second kappa shape index (κ2) is 7.10. The summed E-state index contributed by atoms with van der Waals surface area (Å²) >= 11 is 0. The van der Waals surface area contributed by atoms with Crippen molar-refractivity contribution >= 4 is 17.5 Å². The van der Waals surface area contributed by atoms with Gasteiger partial charge in [0.25, 0.3) is 11.6 Å². The van der Waals surface area contributed by atoms with Crippen LogP contribution in [0.2, 0.25) is 0 Å². The lowest BCUT2D eigenvalue weighted by molar-refractivity contribution is -0.384. The minimum atomic E-state index is -0.548. The molecule has 0 bridgehead atoms. The molecule has 0 aliphatic rings. The first-order chi connectivity index (χ1) is 9.00. The Kier molecular flexibility index (Phi) is 5.46. The molecule has 0 heterocycles. The van der Waals surface area contributed by atoms with Crippen molar-refractivity contribution in [2.75, 3.05) is 13.1 Å². The molecular formula is C12H15N3O4. The van der Waals surface area contributed by atoms with Crippen LogP contribution >= 0.6 is 0 Å². The number of nitro groups is 1. The van der Waals surface area contributed by atoms with Gasteiger partial charge in [-0.05, 0) is 12.5 Å². The first kappa shape index (κ1) is 14.6. The summed E-state index contributed by atoms with van der Waals surface area (Å²) in [6.45, 7) is 2.29. The molecule has 1 aromatic rings. The fourth-order valence-electron chi connectivity index (χ4n) is 1.42. The average molecular weight is 265 g/mol. The number of carbonyl (C=O) groups is 2. The zero-order valence-electron chi connectivity index (χ0n) is 10.5. The van der Waals surface area contributed by atoms with Crippen LogP contribution in [0.3, 0.4) is 0 Å². The summed E-state index contributed by atoms with van der Waals surface area (Å²) in [5.41, 5.74) is 0.125. The van der Waals surface area contributed by atoms with Crippen molar-refractivity contribution in [2.45, 2.75) is 13.3 Å². The van der Waals surface area contributed by atoms with Crippen LogP contribution in [0.1, 0.15) is 23.7 Å². The molecule has 2 N–H and O–H groups in total. The third kappa shape index (κ3) is 5.15. The second-order valence-corrected chi connectivity index (χ2v) is 3.90. The molecule has 102 valence electrons. The van der Waals surface area contributed by atoms with Crippen molar-refractivity contribution in [3.8, 4) is 0 Å². The molecule has 1 aromatic carbocycles. The van der Waals surface area contributed by atoms with Crippen molar-refractivity contribution in [1.82, 2.24) is 10.6 Å². The van der Waals surface area contributed by atoms with Crippen LogP contribution in [0.5, 0.6) is 0 Å². The molecule has 0 aromatic heterocycles. The fourth-order valence-corrected chi connectivity index (χ4v) is 1.42. The minimum Gasteiger partial charge on any atom is -0.356 e. The van der Waals surface area contributed by atoms with Gasteiger partial charge in [0.05, 0.1) is 4.92 Å². The number of amides is 2. The Balaban J connectivity index is 2.43. The molecule has 2 amide bonds. The summed E-state index contributed by atoms with van der Waals surface area (Å²) in [5, 5.41) is 15.8. The van der Waals surface area contributed by atoms with Gasteiger partial charge >= 0.3 is 0 Å². The second-order valence-electron chi connectivity index (χ2n) is 3.90. The number of nitrogens with zero attached hydrogens (tertiary/aromatic N) is 1. The van der Waals surface area contributed by atoms with Gasteiger partial charge in [-0.1, -0.05) is 6.07 Å². The third-order valence-electron chi connectivity index (χ3n) is 2.33. The summed E-state index contributed by atoms with van der Waals surface area (Å²) in [7, 11) is 0. The van der Waals surface area contributed by atoms with Crippen LogP contribution in [-0.2, 0) is 4.79 Å². The molecule has 0 saturated carbocycles. The topological polar surface area (TPSA) is 101 Å². The fraction of sp³-hybridized carbons (Fsp3) is 0.333. The Bertz CT molecular complexity index is 488. The Morgan fingerprint density at radius 3 is 2.58 bits per heavy atom. The highest BCUT2D eigenvalue weighted by molar-refractivity contribution is 5.94. The van der Waals surface area contributed by atoms with Gasteiger partial charge in [0.15, 0.2) is 0 Å². The number of hydrogen-bond donors (Lipinski definition) is 2. The highest BCUT2D eigenvalue weighted by Crippen LogP contribution is 2.12. The summed E-state index contributed by atoms with van der Waals surface area (Å²) in [6, 6.07) is 5.53. The Morgan fingerprint density at radius 2 is 1.95 bits per heavy atom. The van der Waals surface area contributed by atoms with Gasteiger partial charge in [0.2, 0.25) is 5.91 Å². The SMILES string of the molecule is CC(=O)NCCCNC(=O)c1cccc([N+](=O)[O-])c1. The summed E-state index contributed by atoms with van der Waals surface area (Å²) in [5.74, 6) is -0.489. The lowest BCUT2D eigenvalue weighted by Gasteiger charge is -2.05. The summed E-state index contributed by atoms with van der Waals surface area (Å²) < 4.78 is 0. The molecule has 0 radical (unpaired) electrons. The monoisotopic (exact) mass is 265 g/mol. The molecule has 0 spiro atoms. The van der Waals surface area contributed by atoms with Crippen LogP contribution in [-0.4, -0.2) is 29.8 Å². The molecule has 0 aliphatic carbocycles. The van der Waals surface area contributed by atoms with E-state index in [2.05, 4.69) is 10.6 Å². The Hall–Kier alpha value is -2.44. The van der Waals surface area contributed by atoms with Crippen LogP contribution in [0.15, 0.2) is 24.3 Å². The van der Waals surface area contributed by atoms with Crippen molar-refractivity contribution in [3.05, 3.63) is 39.9 Å². The van der Waals surface area contributed by atoms with Gasteiger partial charge in [0, 0.05) is 37.7 Å². The number of nitro benzene ring substituents is 1. The van der Waals surface area contributed by atoms with Crippen molar-refractivity contribution < 1.29 is 14.5 Å². The van der Waals surface area contributed by atoms with E-state index in [4.69, 9.17) is 0 Å². The van der Waals surface area contributed by atoms with E-state index in [1.165, 1.54) is 31.2 Å². The third-order valence-corrected chi connectivity index (χ3v) is 2.33. The number of carbonyl (C=O) groups excluding carboxylic acids is 2. The maximum Gasteiger partial charge on any atom is 0.270 e. The van der Waals surface area contributed by atoms with Gasteiger partial charge in [-0.25, -0.2) is 0 Å². The van der Waals surface area contributed by atoms with Gasteiger partial charge in [-0.3, -0.25) is 19.7 Å². The highest BCUT2D eigenvalue weighted by Gasteiger charge is 2.10. The molecule has 1 rings (SSSR count). The molecule has 0 atom stereocenters. The van der Waals surface area contributed by atoms with Crippen molar-refractivity contribution in [3.63, 3.8) is 0 Å². The van der Waals surface area contributed by atoms with E-state index < -0.39 is 4.92 Å². The van der Waals surface area contributed by atoms with E-state index in [9.17, 15) is 19.7 Å². The van der Waals surface area contributed by atoms with Gasteiger partial charge < -0.3 is 10.6 Å². The molecule has 0 saturated heterocycles. The van der Waals surface area contributed by atoms with Crippen molar-refractivity contribution in [2.24, 2.45) is 0 Å². The lowest BCUT2D eigenvalue weighted by atomic mass is 10.2. The molecule has 7 heteroatoms. The number of rotatable bonds is 6. The molecule has 0 aliphatic heterocycles. The molecular weight excluding hydrogens is 250 g/mol. The van der Waals surface area contributed by atoms with Crippen LogP contribution in [0, 0.1) is 10.1 Å². The molecule has 0 fully saturated rings. The normalized spacial score (nSPS) is 9.74. The van der Waals surface area contributed by atoms with Crippen LogP contribution < -0.4 is 10.6 Å².